The Morgan fingerprint density at radius 3 is 2.17 bits per heavy atom. The Labute approximate surface area is 186 Å². The second-order valence-electron chi connectivity index (χ2n) is 7.16. The summed E-state index contributed by atoms with van der Waals surface area (Å²) in [6, 6.07) is 20.5. The van der Waals surface area contributed by atoms with Crippen molar-refractivity contribution in [2.75, 3.05) is 38.1 Å². The highest BCUT2D eigenvalue weighted by Crippen LogP contribution is 2.37. The van der Waals surface area contributed by atoms with E-state index in [4.69, 9.17) is 4.74 Å². The highest BCUT2D eigenvalue weighted by Gasteiger charge is 2.43. The van der Waals surface area contributed by atoms with E-state index in [1.807, 2.05) is 43.3 Å². The molecule has 2 aromatic rings. The number of likely N-dealkylation sites (tertiary alicyclic amines) is 1. The van der Waals surface area contributed by atoms with Crippen molar-refractivity contribution in [3.05, 3.63) is 66.2 Å². The number of ether oxygens (including phenoxy) is 1. The number of benzene rings is 2. The largest absolute Gasteiger partial charge is 0.465 e. The molecular formula is C23H32Cl2N2O2. The van der Waals surface area contributed by atoms with Crippen LogP contribution in [0.15, 0.2) is 60.7 Å². The van der Waals surface area contributed by atoms with Gasteiger partial charge in [-0.15, -0.1) is 24.8 Å². The van der Waals surface area contributed by atoms with Gasteiger partial charge in [-0.3, -0.25) is 4.79 Å². The van der Waals surface area contributed by atoms with Gasteiger partial charge in [-0.05, 0) is 63.5 Å². The van der Waals surface area contributed by atoms with E-state index in [1.165, 1.54) is 5.69 Å². The molecule has 0 aliphatic carbocycles. The summed E-state index contributed by atoms with van der Waals surface area (Å²) >= 11 is 0. The lowest BCUT2D eigenvalue weighted by Gasteiger charge is -2.40. The molecular weight excluding hydrogens is 407 g/mol. The van der Waals surface area contributed by atoms with Crippen molar-refractivity contribution in [3.63, 3.8) is 0 Å². The molecule has 6 heteroatoms. The minimum absolute atomic E-state index is 0. The molecule has 1 aliphatic rings. The van der Waals surface area contributed by atoms with Gasteiger partial charge in [0.05, 0.1) is 12.0 Å². The molecule has 1 saturated heterocycles. The van der Waals surface area contributed by atoms with Crippen LogP contribution in [-0.4, -0.2) is 43.7 Å². The van der Waals surface area contributed by atoms with Gasteiger partial charge in [0, 0.05) is 12.2 Å². The number of para-hydroxylation sites is 1. The monoisotopic (exact) mass is 438 g/mol. The maximum absolute atomic E-state index is 12.8. The molecule has 2 aromatic carbocycles. The van der Waals surface area contributed by atoms with Gasteiger partial charge < -0.3 is 15.0 Å². The van der Waals surface area contributed by atoms with E-state index in [1.54, 1.807) is 0 Å². The number of nitrogens with one attached hydrogen (secondary N) is 1. The molecule has 29 heavy (non-hydrogen) atoms. The summed E-state index contributed by atoms with van der Waals surface area (Å²) in [5, 5.41) is 3.46. The van der Waals surface area contributed by atoms with Crippen LogP contribution >= 0.6 is 24.8 Å². The van der Waals surface area contributed by atoms with E-state index in [9.17, 15) is 4.79 Å². The maximum atomic E-state index is 12.8. The second kappa shape index (κ2) is 12.7. The molecule has 0 saturated carbocycles. The van der Waals surface area contributed by atoms with E-state index in [2.05, 4.69) is 34.5 Å². The van der Waals surface area contributed by atoms with E-state index >= 15 is 0 Å². The summed E-state index contributed by atoms with van der Waals surface area (Å²) in [4.78, 5) is 15.3. The number of carbonyl (C=O) groups is 1. The number of hydrogen-bond acceptors (Lipinski definition) is 4. The fourth-order valence-corrected chi connectivity index (χ4v) is 3.89. The Kier molecular flexibility index (Phi) is 11.1. The smallest absolute Gasteiger partial charge is 0.316 e. The Morgan fingerprint density at radius 2 is 1.59 bits per heavy atom. The minimum atomic E-state index is -0.490. The summed E-state index contributed by atoms with van der Waals surface area (Å²) < 4.78 is 5.45. The van der Waals surface area contributed by atoms with Crippen LogP contribution in [0, 0.1) is 0 Å². The first-order valence-corrected chi connectivity index (χ1v) is 9.98. The van der Waals surface area contributed by atoms with Crippen LogP contribution in [-0.2, 0) is 14.9 Å². The summed E-state index contributed by atoms with van der Waals surface area (Å²) in [6.45, 7) is 6.18. The zero-order valence-corrected chi connectivity index (χ0v) is 18.6. The third-order valence-electron chi connectivity index (χ3n) is 5.46. The molecule has 1 aliphatic heterocycles. The molecule has 4 nitrogen and oxygen atoms in total. The molecule has 1 fully saturated rings. The van der Waals surface area contributed by atoms with E-state index < -0.39 is 5.41 Å². The van der Waals surface area contributed by atoms with Crippen LogP contribution in [0.1, 0.15) is 31.7 Å². The predicted octanol–water partition coefficient (Wildman–Crippen LogP) is 4.93. The summed E-state index contributed by atoms with van der Waals surface area (Å²) in [5.41, 5.74) is 1.77. The molecule has 160 valence electrons. The number of esters is 1. The molecule has 0 atom stereocenters. The van der Waals surface area contributed by atoms with Gasteiger partial charge >= 0.3 is 5.97 Å². The summed E-state index contributed by atoms with van der Waals surface area (Å²) in [5.74, 6) is -0.0680. The Hall–Kier alpha value is -1.75. The molecule has 0 amide bonds. The van der Waals surface area contributed by atoms with Gasteiger partial charge in [-0.1, -0.05) is 48.5 Å². The fraction of sp³-hybridized carbons (Fsp3) is 0.435. The molecule has 1 heterocycles. The fourth-order valence-electron chi connectivity index (χ4n) is 3.89. The molecule has 0 aromatic heterocycles. The summed E-state index contributed by atoms with van der Waals surface area (Å²) in [7, 11) is 0. The van der Waals surface area contributed by atoms with Crippen molar-refractivity contribution < 1.29 is 9.53 Å². The normalized spacial score (nSPS) is 15.5. The number of piperidine rings is 1. The third kappa shape index (κ3) is 6.63. The van der Waals surface area contributed by atoms with Gasteiger partial charge in [0.1, 0.15) is 0 Å². The SMILES string of the molecule is CCOC(=O)C1(c2ccccc2)CCN(CCCNc2ccccc2)CC1.Cl.Cl. The Bertz CT molecular complexity index is 705. The van der Waals surface area contributed by atoms with Crippen LogP contribution in [0.5, 0.6) is 0 Å². The topological polar surface area (TPSA) is 41.6 Å². The highest BCUT2D eigenvalue weighted by molar-refractivity contribution is 5.85. The molecule has 1 N–H and O–H groups in total. The predicted molar refractivity (Wildman–Crippen MR) is 124 cm³/mol. The van der Waals surface area contributed by atoms with Crippen LogP contribution in [0.4, 0.5) is 5.69 Å². The van der Waals surface area contributed by atoms with Gasteiger partial charge in [-0.25, -0.2) is 0 Å². The van der Waals surface area contributed by atoms with Crippen LogP contribution < -0.4 is 5.32 Å². The van der Waals surface area contributed by atoms with Gasteiger partial charge in [0.2, 0.25) is 0 Å². The first-order valence-electron chi connectivity index (χ1n) is 9.98. The van der Waals surface area contributed by atoms with Gasteiger partial charge in [0.15, 0.2) is 0 Å². The van der Waals surface area contributed by atoms with Crippen LogP contribution in [0.3, 0.4) is 0 Å². The average molecular weight is 439 g/mol. The number of carbonyl (C=O) groups excluding carboxylic acids is 1. The molecule has 0 radical (unpaired) electrons. The minimum Gasteiger partial charge on any atom is -0.465 e. The van der Waals surface area contributed by atoms with E-state index in [0.717, 1.165) is 51.0 Å². The third-order valence-corrected chi connectivity index (χ3v) is 5.46. The number of hydrogen-bond donors (Lipinski definition) is 1. The number of halogens is 2. The molecule has 0 spiro atoms. The van der Waals surface area contributed by atoms with Crippen molar-refractivity contribution in [2.24, 2.45) is 0 Å². The van der Waals surface area contributed by atoms with Crippen molar-refractivity contribution >= 4 is 36.5 Å². The lowest BCUT2D eigenvalue weighted by atomic mass is 9.72. The number of anilines is 1. The zero-order chi connectivity index (χ0) is 19.0. The zero-order valence-electron chi connectivity index (χ0n) is 17.0. The standard InChI is InChI=1S/C23H30N2O2.2ClH/c1-2-27-22(26)23(20-10-5-3-6-11-20)14-18-25(19-15-23)17-9-16-24-21-12-7-4-8-13-21;;/h3-8,10-13,24H,2,9,14-19H2,1H3;2*1H. The van der Waals surface area contributed by atoms with Crippen molar-refractivity contribution in [2.45, 2.75) is 31.6 Å². The molecule has 3 rings (SSSR count). The Morgan fingerprint density at radius 1 is 1.00 bits per heavy atom. The van der Waals surface area contributed by atoms with Gasteiger partial charge in [-0.2, -0.15) is 0 Å². The van der Waals surface area contributed by atoms with Crippen molar-refractivity contribution in [1.82, 2.24) is 4.90 Å². The molecule has 0 bridgehead atoms. The first kappa shape index (κ1) is 25.3. The van der Waals surface area contributed by atoms with Crippen molar-refractivity contribution in [1.29, 1.82) is 0 Å². The first-order chi connectivity index (χ1) is 13.2. The van der Waals surface area contributed by atoms with Crippen LogP contribution in [0.2, 0.25) is 0 Å². The van der Waals surface area contributed by atoms with Crippen molar-refractivity contribution in [3.8, 4) is 0 Å². The average Bonchev–Trinajstić information content (AvgIpc) is 2.73. The number of rotatable bonds is 8. The molecule has 0 unspecified atom stereocenters. The lowest BCUT2D eigenvalue weighted by Crippen LogP contribution is -2.48. The number of nitrogens with zero attached hydrogens (tertiary/aromatic N) is 1. The highest BCUT2D eigenvalue weighted by atomic mass is 35.5. The maximum Gasteiger partial charge on any atom is 0.316 e. The quantitative estimate of drug-likeness (QED) is 0.468. The summed E-state index contributed by atoms with van der Waals surface area (Å²) in [6.07, 6.45) is 2.73. The second-order valence-corrected chi connectivity index (χ2v) is 7.16. The van der Waals surface area contributed by atoms with Crippen LogP contribution in [0.25, 0.3) is 0 Å². The lowest BCUT2D eigenvalue weighted by molar-refractivity contribution is -0.152. The Balaban J connectivity index is 0.00000210. The van der Waals surface area contributed by atoms with E-state index in [0.29, 0.717) is 6.61 Å². The van der Waals surface area contributed by atoms with E-state index in [-0.39, 0.29) is 30.8 Å². The van der Waals surface area contributed by atoms with Gasteiger partial charge in [0.25, 0.3) is 0 Å².